The number of ether oxygens (including phenoxy) is 1. The molecule has 0 aliphatic carbocycles. The first-order valence-electron chi connectivity index (χ1n) is 6.83. The Labute approximate surface area is 132 Å². The first kappa shape index (κ1) is 17.6. The molecule has 128 valence electrons. The largest absolute Gasteiger partial charge is 0.374 e. The van der Waals surface area contributed by atoms with E-state index in [1.165, 1.54) is 16.4 Å². The Morgan fingerprint density at radius 2 is 2.17 bits per heavy atom. The quantitative estimate of drug-likeness (QED) is 0.840. The van der Waals surface area contributed by atoms with Crippen LogP contribution in [0.1, 0.15) is 0 Å². The van der Waals surface area contributed by atoms with Crippen molar-refractivity contribution in [3.63, 3.8) is 0 Å². The third-order valence-electron chi connectivity index (χ3n) is 3.26. The predicted molar refractivity (Wildman–Crippen MR) is 79.5 cm³/mol. The molecule has 1 fully saturated rings. The summed E-state index contributed by atoms with van der Waals surface area (Å²) in [6.07, 6.45) is 0.587. The fourth-order valence-electron chi connectivity index (χ4n) is 2.09. The van der Waals surface area contributed by atoms with Gasteiger partial charge in [0.2, 0.25) is 10.0 Å². The number of nitrogens with one attached hydrogen (secondary N) is 2. The second kappa shape index (κ2) is 7.20. The normalized spacial score (nSPS) is 19.3. The molecule has 0 bridgehead atoms. The van der Waals surface area contributed by atoms with Crippen LogP contribution in [0.15, 0.2) is 18.2 Å². The van der Waals surface area contributed by atoms with Gasteiger partial charge in [0.25, 0.3) is 0 Å². The third-order valence-corrected chi connectivity index (χ3v) is 4.53. The molecule has 1 heterocycles. The van der Waals surface area contributed by atoms with Gasteiger partial charge in [-0.1, -0.05) is 6.07 Å². The van der Waals surface area contributed by atoms with Crippen LogP contribution in [-0.4, -0.2) is 57.4 Å². The van der Waals surface area contributed by atoms with Crippen LogP contribution in [-0.2, 0) is 14.8 Å². The van der Waals surface area contributed by atoms with Crippen LogP contribution in [0, 0.1) is 11.6 Å². The lowest BCUT2D eigenvalue weighted by atomic mass is 10.3. The fourth-order valence-corrected chi connectivity index (χ4v) is 2.93. The van der Waals surface area contributed by atoms with Gasteiger partial charge in [-0.25, -0.2) is 22.0 Å². The SMILES string of the molecule is CS(=O)(=O)N1CCO[C@H](CNC(=O)Nc2cccc(F)c2F)C1. The number of rotatable bonds is 4. The minimum atomic E-state index is -3.32. The van der Waals surface area contributed by atoms with Gasteiger partial charge in [-0.3, -0.25) is 0 Å². The van der Waals surface area contributed by atoms with Crippen LogP contribution >= 0.6 is 0 Å². The zero-order chi connectivity index (χ0) is 17.0. The second-order valence-electron chi connectivity index (χ2n) is 5.05. The molecule has 2 rings (SSSR count). The highest BCUT2D eigenvalue weighted by atomic mass is 32.2. The van der Waals surface area contributed by atoms with Gasteiger partial charge in [-0.2, -0.15) is 4.31 Å². The molecular weight excluding hydrogens is 332 g/mol. The van der Waals surface area contributed by atoms with Gasteiger partial charge in [0, 0.05) is 19.6 Å². The van der Waals surface area contributed by atoms with Gasteiger partial charge >= 0.3 is 6.03 Å². The Bertz CT molecular complexity index is 684. The van der Waals surface area contributed by atoms with Crippen molar-refractivity contribution in [2.24, 2.45) is 0 Å². The number of halogens is 2. The molecule has 23 heavy (non-hydrogen) atoms. The number of carbonyl (C=O) groups excluding carboxylic acids is 1. The lowest BCUT2D eigenvalue weighted by molar-refractivity contribution is 0.00167. The fraction of sp³-hybridized carbons (Fsp3) is 0.462. The van der Waals surface area contributed by atoms with Crippen molar-refractivity contribution in [2.75, 3.05) is 37.8 Å². The van der Waals surface area contributed by atoms with E-state index in [-0.39, 0.29) is 31.9 Å². The molecule has 1 aromatic rings. The molecule has 1 aliphatic rings. The zero-order valence-corrected chi connectivity index (χ0v) is 13.2. The summed E-state index contributed by atoms with van der Waals surface area (Å²) in [5, 5.41) is 4.61. The number of nitrogens with zero attached hydrogens (tertiary/aromatic N) is 1. The van der Waals surface area contributed by atoms with Crippen molar-refractivity contribution in [2.45, 2.75) is 6.10 Å². The standard InChI is InChI=1S/C13H17F2N3O4S/c1-23(20,21)18-5-6-22-9(8-18)7-16-13(19)17-11-4-2-3-10(14)12(11)15/h2-4,9H,5-8H2,1H3,(H2,16,17,19)/t9-/m1/s1. The van der Waals surface area contributed by atoms with Gasteiger partial charge in [-0.05, 0) is 12.1 Å². The Morgan fingerprint density at radius 1 is 1.43 bits per heavy atom. The van der Waals surface area contributed by atoms with E-state index in [0.29, 0.717) is 0 Å². The van der Waals surface area contributed by atoms with Gasteiger partial charge in [0.1, 0.15) is 0 Å². The molecule has 0 radical (unpaired) electrons. The number of urea groups is 1. The lowest BCUT2D eigenvalue weighted by Gasteiger charge is -2.31. The highest BCUT2D eigenvalue weighted by molar-refractivity contribution is 7.88. The molecule has 0 aromatic heterocycles. The van der Waals surface area contributed by atoms with E-state index < -0.39 is 33.8 Å². The maximum Gasteiger partial charge on any atom is 0.319 e. The van der Waals surface area contributed by atoms with Gasteiger partial charge in [0.05, 0.1) is 24.7 Å². The van der Waals surface area contributed by atoms with Gasteiger partial charge in [-0.15, -0.1) is 0 Å². The molecule has 7 nitrogen and oxygen atoms in total. The summed E-state index contributed by atoms with van der Waals surface area (Å²) in [7, 11) is -3.32. The molecule has 1 atom stereocenters. The van der Waals surface area contributed by atoms with Crippen LogP contribution in [0.3, 0.4) is 0 Å². The summed E-state index contributed by atoms with van der Waals surface area (Å²) in [5.41, 5.74) is -0.287. The summed E-state index contributed by atoms with van der Waals surface area (Å²) < 4.78 is 56.0. The first-order chi connectivity index (χ1) is 10.8. The molecule has 0 spiro atoms. The van der Waals surface area contributed by atoms with Crippen molar-refractivity contribution in [3.05, 3.63) is 29.8 Å². The van der Waals surface area contributed by atoms with Crippen molar-refractivity contribution >= 4 is 21.7 Å². The molecular formula is C13H17F2N3O4S. The lowest BCUT2D eigenvalue weighted by Crippen LogP contribution is -2.49. The molecule has 0 unspecified atom stereocenters. The summed E-state index contributed by atoms with van der Waals surface area (Å²) >= 11 is 0. The number of carbonyl (C=O) groups is 1. The van der Waals surface area contributed by atoms with Crippen LogP contribution in [0.4, 0.5) is 19.3 Å². The number of sulfonamides is 1. The third kappa shape index (κ3) is 4.85. The summed E-state index contributed by atoms with van der Waals surface area (Å²) in [6, 6.07) is 2.69. The maximum atomic E-state index is 13.4. The molecule has 10 heteroatoms. The molecule has 1 aliphatic heterocycles. The number of hydrogen-bond donors (Lipinski definition) is 2. The number of morpholine rings is 1. The highest BCUT2D eigenvalue weighted by Gasteiger charge is 2.26. The number of amides is 2. The second-order valence-corrected chi connectivity index (χ2v) is 7.03. The summed E-state index contributed by atoms with van der Waals surface area (Å²) in [6.45, 7) is 0.637. The van der Waals surface area contributed by atoms with E-state index in [1.54, 1.807) is 0 Å². The maximum absolute atomic E-state index is 13.4. The van der Waals surface area contributed by atoms with Crippen molar-refractivity contribution < 1.29 is 26.7 Å². The number of hydrogen-bond acceptors (Lipinski definition) is 4. The van der Waals surface area contributed by atoms with E-state index in [4.69, 9.17) is 4.74 Å². The van der Waals surface area contributed by atoms with E-state index in [9.17, 15) is 22.0 Å². The first-order valence-corrected chi connectivity index (χ1v) is 8.68. The van der Waals surface area contributed by atoms with Crippen LogP contribution in [0.5, 0.6) is 0 Å². The van der Waals surface area contributed by atoms with Crippen molar-refractivity contribution in [1.29, 1.82) is 0 Å². The highest BCUT2D eigenvalue weighted by Crippen LogP contribution is 2.16. The van der Waals surface area contributed by atoms with Crippen molar-refractivity contribution in [3.8, 4) is 0 Å². The van der Waals surface area contributed by atoms with Crippen LogP contribution in [0.2, 0.25) is 0 Å². The molecule has 2 amide bonds. The average molecular weight is 349 g/mol. The molecule has 0 saturated carbocycles. The number of benzene rings is 1. The summed E-state index contributed by atoms with van der Waals surface area (Å²) in [5.74, 6) is -2.22. The van der Waals surface area contributed by atoms with E-state index >= 15 is 0 Å². The van der Waals surface area contributed by atoms with E-state index in [2.05, 4.69) is 10.6 Å². The van der Waals surface area contributed by atoms with Gasteiger partial charge < -0.3 is 15.4 Å². The van der Waals surface area contributed by atoms with Crippen molar-refractivity contribution in [1.82, 2.24) is 9.62 Å². The monoisotopic (exact) mass is 349 g/mol. The molecule has 1 aromatic carbocycles. The Balaban J connectivity index is 1.86. The Morgan fingerprint density at radius 3 is 2.87 bits per heavy atom. The van der Waals surface area contributed by atoms with E-state index in [0.717, 1.165) is 12.3 Å². The van der Waals surface area contributed by atoms with Crippen LogP contribution in [0.25, 0.3) is 0 Å². The molecule has 2 N–H and O–H groups in total. The van der Waals surface area contributed by atoms with E-state index in [1.807, 2.05) is 0 Å². The Hall–Kier alpha value is -1.78. The van der Waals surface area contributed by atoms with Crippen LogP contribution < -0.4 is 10.6 Å². The Kier molecular flexibility index (Phi) is 5.50. The molecule has 1 saturated heterocycles. The zero-order valence-electron chi connectivity index (χ0n) is 12.4. The minimum absolute atomic E-state index is 0.0365. The number of anilines is 1. The minimum Gasteiger partial charge on any atom is -0.374 e. The topological polar surface area (TPSA) is 87.7 Å². The van der Waals surface area contributed by atoms with Gasteiger partial charge in [0.15, 0.2) is 11.6 Å². The average Bonchev–Trinajstić information content (AvgIpc) is 2.49. The predicted octanol–water partition coefficient (Wildman–Crippen LogP) is 0.747. The smallest absolute Gasteiger partial charge is 0.319 e. The summed E-state index contributed by atoms with van der Waals surface area (Å²) in [4.78, 5) is 11.7.